The smallest absolute Gasteiger partial charge is 0.237 e. The highest BCUT2D eigenvalue weighted by molar-refractivity contribution is 5.80. The van der Waals surface area contributed by atoms with Gasteiger partial charge in [-0.2, -0.15) is 0 Å². The molecule has 13 heavy (non-hydrogen) atoms. The number of piperazine rings is 1. The van der Waals surface area contributed by atoms with Crippen LogP contribution in [0, 0.1) is 0 Å². The van der Waals surface area contributed by atoms with Crippen molar-refractivity contribution in [3.8, 4) is 0 Å². The molecule has 2 aliphatic heterocycles. The molecule has 1 N–H and O–H groups in total. The van der Waals surface area contributed by atoms with Crippen LogP contribution in [0.4, 0.5) is 0 Å². The van der Waals surface area contributed by atoms with Gasteiger partial charge < -0.3 is 15.0 Å². The molecular formula is C9H16N2O2. The molecule has 2 heterocycles. The van der Waals surface area contributed by atoms with Gasteiger partial charge >= 0.3 is 0 Å². The van der Waals surface area contributed by atoms with Crippen molar-refractivity contribution >= 4 is 5.91 Å². The van der Waals surface area contributed by atoms with Crippen molar-refractivity contribution in [1.82, 2.24) is 10.2 Å². The highest BCUT2D eigenvalue weighted by Gasteiger charge is 2.43. The number of rotatable bonds is 0. The van der Waals surface area contributed by atoms with Crippen LogP contribution in [0.25, 0.3) is 0 Å². The molecule has 0 aromatic carbocycles. The lowest BCUT2D eigenvalue weighted by Crippen LogP contribution is -2.69. The van der Waals surface area contributed by atoms with Gasteiger partial charge in [-0.25, -0.2) is 0 Å². The molecule has 0 aromatic rings. The number of hydrogen-bond acceptors (Lipinski definition) is 3. The fourth-order valence-corrected chi connectivity index (χ4v) is 2.33. The number of nitrogens with zero attached hydrogens (tertiary/aromatic N) is 1. The second-order valence-electron chi connectivity index (χ2n) is 4.23. The Morgan fingerprint density at radius 1 is 1.69 bits per heavy atom. The molecule has 2 aliphatic rings. The van der Waals surface area contributed by atoms with Gasteiger partial charge in [0, 0.05) is 6.54 Å². The first-order valence-electron chi connectivity index (χ1n) is 4.74. The molecule has 0 unspecified atom stereocenters. The summed E-state index contributed by atoms with van der Waals surface area (Å²) in [6.45, 7) is 6.74. The molecule has 2 saturated heterocycles. The Balaban J connectivity index is 2.24. The van der Waals surface area contributed by atoms with Crippen LogP contribution in [-0.4, -0.2) is 48.7 Å². The molecule has 74 valence electrons. The van der Waals surface area contributed by atoms with Crippen LogP contribution in [0.5, 0.6) is 0 Å². The highest BCUT2D eigenvalue weighted by Crippen LogP contribution is 2.25. The Bertz CT molecular complexity index is 228. The van der Waals surface area contributed by atoms with Gasteiger partial charge in [-0.3, -0.25) is 4.79 Å². The Morgan fingerprint density at radius 3 is 3.15 bits per heavy atom. The van der Waals surface area contributed by atoms with Gasteiger partial charge in [0.15, 0.2) is 0 Å². The minimum absolute atomic E-state index is 0.132. The number of ether oxygens (including phenoxy) is 1. The molecule has 0 radical (unpaired) electrons. The molecule has 0 aromatic heterocycles. The number of nitrogens with one attached hydrogen (secondary N) is 1. The molecule has 2 fully saturated rings. The van der Waals surface area contributed by atoms with Crippen LogP contribution in [-0.2, 0) is 9.53 Å². The van der Waals surface area contributed by atoms with Crippen molar-refractivity contribution in [1.29, 1.82) is 0 Å². The summed E-state index contributed by atoms with van der Waals surface area (Å²) < 4.78 is 5.47. The summed E-state index contributed by atoms with van der Waals surface area (Å²) in [7, 11) is 0. The minimum atomic E-state index is -0.132. The van der Waals surface area contributed by atoms with Gasteiger partial charge in [-0.15, -0.1) is 0 Å². The molecule has 2 atom stereocenters. The van der Waals surface area contributed by atoms with E-state index in [2.05, 4.69) is 12.2 Å². The minimum Gasteiger partial charge on any atom is -0.377 e. The zero-order chi connectivity index (χ0) is 9.47. The second kappa shape index (κ2) is 2.96. The lowest BCUT2D eigenvalue weighted by atomic mass is 9.94. The van der Waals surface area contributed by atoms with Gasteiger partial charge in [0.2, 0.25) is 5.91 Å². The zero-order valence-corrected chi connectivity index (χ0v) is 8.17. The summed E-state index contributed by atoms with van der Waals surface area (Å²) in [5, 5.41) is 3.12. The van der Waals surface area contributed by atoms with Crippen molar-refractivity contribution in [3.63, 3.8) is 0 Å². The molecule has 2 rings (SSSR count). The third kappa shape index (κ3) is 1.34. The lowest BCUT2D eigenvalue weighted by molar-refractivity contribution is -0.159. The summed E-state index contributed by atoms with van der Waals surface area (Å²) in [6.07, 6.45) is 0. The molecule has 0 aliphatic carbocycles. The van der Waals surface area contributed by atoms with Gasteiger partial charge in [0.25, 0.3) is 0 Å². The Labute approximate surface area is 78.2 Å². The topological polar surface area (TPSA) is 41.6 Å². The van der Waals surface area contributed by atoms with E-state index in [4.69, 9.17) is 4.74 Å². The monoisotopic (exact) mass is 184 g/mol. The number of hydrogen-bond donors (Lipinski definition) is 1. The summed E-state index contributed by atoms with van der Waals surface area (Å²) in [5.41, 5.74) is -0.132. The van der Waals surface area contributed by atoms with E-state index >= 15 is 0 Å². The number of fused-ring (bicyclic) bond motifs is 1. The largest absolute Gasteiger partial charge is 0.377 e. The van der Waals surface area contributed by atoms with Gasteiger partial charge in [-0.1, -0.05) is 0 Å². The number of carbonyl (C=O) groups is 1. The molecular weight excluding hydrogens is 168 g/mol. The first-order chi connectivity index (χ1) is 6.13. The maximum absolute atomic E-state index is 11.7. The standard InChI is InChI=1S/C9H16N2O2/c1-7-4-13-6-9(2)5-10-3-8(12)11(7)9/h7,10H,3-6H2,1-2H3/t7-,9-/m0/s1. The predicted octanol–water partition coefficient (Wildman–Crippen LogP) is -0.404. The van der Waals surface area contributed by atoms with Crippen molar-refractivity contribution in [2.45, 2.75) is 25.4 Å². The molecule has 0 bridgehead atoms. The average molecular weight is 184 g/mol. The first-order valence-corrected chi connectivity index (χ1v) is 4.74. The lowest BCUT2D eigenvalue weighted by Gasteiger charge is -2.51. The predicted molar refractivity (Wildman–Crippen MR) is 48.4 cm³/mol. The van der Waals surface area contributed by atoms with E-state index in [0.29, 0.717) is 19.8 Å². The molecule has 4 heteroatoms. The second-order valence-corrected chi connectivity index (χ2v) is 4.23. The summed E-state index contributed by atoms with van der Waals surface area (Å²) in [6, 6.07) is 0.216. The summed E-state index contributed by atoms with van der Waals surface area (Å²) in [4.78, 5) is 13.6. The van der Waals surface area contributed by atoms with Crippen LogP contribution >= 0.6 is 0 Å². The van der Waals surface area contributed by atoms with Crippen molar-refractivity contribution in [2.75, 3.05) is 26.3 Å². The van der Waals surface area contributed by atoms with Crippen LogP contribution in [0.1, 0.15) is 13.8 Å². The fraction of sp³-hybridized carbons (Fsp3) is 0.889. The van der Waals surface area contributed by atoms with Gasteiger partial charge in [0.1, 0.15) is 0 Å². The number of amides is 1. The quantitative estimate of drug-likeness (QED) is 0.557. The fourth-order valence-electron chi connectivity index (χ4n) is 2.33. The van der Waals surface area contributed by atoms with Gasteiger partial charge in [0.05, 0.1) is 31.3 Å². The Kier molecular flexibility index (Phi) is 2.04. The Morgan fingerprint density at radius 2 is 2.46 bits per heavy atom. The summed E-state index contributed by atoms with van der Waals surface area (Å²) >= 11 is 0. The third-order valence-corrected chi connectivity index (χ3v) is 2.85. The van der Waals surface area contributed by atoms with Crippen LogP contribution in [0.15, 0.2) is 0 Å². The van der Waals surface area contributed by atoms with E-state index in [9.17, 15) is 4.79 Å². The Hall–Kier alpha value is -0.610. The molecule has 0 spiro atoms. The van der Waals surface area contributed by atoms with Crippen LogP contribution in [0.3, 0.4) is 0 Å². The van der Waals surface area contributed by atoms with E-state index in [-0.39, 0.29) is 17.5 Å². The van der Waals surface area contributed by atoms with E-state index in [0.717, 1.165) is 6.54 Å². The third-order valence-electron chi connectivity index (χ3n) is 2.85. The number of morpholine rings is 1. The van der Waals surface area contributed by atoms with E-state index < -0.39 is 0 Å². The summed E-state index contributed by atoms with van der Waals surface area (Å²) in [5.74, 6) is 0.199. The van der Waals surface area contributed by atoms with E-state index in [1.54, 1.807) is 0 Å². The van der Waals surface area contributed by atoms with Crippen molar-refractivity contribution in [3.05, 3.63) is 0 Å². The zero-order valence-electron chi connectivity index (χ0n) is 8.17. The van der Waals surface area contributed by atoms with Crippen LogP contribution in [0.2, 0.25) is 0 Å². The van der Waals surface area contributed by atoms with E-state index in [1.165, 1.54) is 0 Å². The van der Waals surface area contributed by atoms with E-state index in [1.807, 2.05) is 11.8 Å². The van der Waals surface area contributed by atoms with Crippen LogP contribution < -0.4 is 5.32 Å². The molecule has 0 saturated carbocycles. The SMILES string of the molecule is C[C@H]1COC[C@]2(C)CNCC(=O)N12. The molecule has 1 amide bonds. The molecule has 4 nitrogen and oxygen atoms in total. The highest BCUT2D eigenvalue weighted by atomic mass is 16.5. The number of carbonyl (C=O) groups excluding carboxylic acids is 1. The first kappa shape index (κ1) is 8.97. The van der Waals surface area contributed by atoms with Gasteiger partial charge in [-0.05, 0) is 13.8 Å². The average Bonchev–Trinajstić information content (AvgIpc) is 2.02. The normalized spacial score (nSPS) is 40.3. The maximum Gasteiger partial charge on any atom is 0.237 e. The van der Waals surface area contributed by atoms with Crippen molar-refractivity contribution < 1.29 is 9.53 Å². The maximum atomic E-state index is 11.7. The van der Waals surface area contributed by atoms with Crippen molar-refractivity contribution in [2.24, 2.45) is 0 Å².